The highest BCUT2D eigenvalue weighted by molar-refractivity contribution is 6.44. The number of amides is 2. The predicted molar refractivity (Wildman–Crippen MR) is 91.8 cm³/mol. The summed E-state index contributed by atoms with van der Waals surface area (Å²) in [5.41, 5.74) is 3.13. The lowest BCUT2D eigenvalue weighted by Crippen LogP contribution is -2.24. The summed E-state index contributed by atoms with van der Waals surface area (Å²) in [6.45, 7) is 0. The number of anilines is 1. The number of rotatable bonds is 5. The minimum absolute atomic E-state index is 0.197. The Kier molecular flexibility index (Phi) is 6.28. The molecule has 2 rings (SSSR count). The van der Waals surface area contributed by atoms with Crippen molar-refractivity contribution in [1.29, 1.82) is 0 Å². The second kappa shape index (κ2) is 8.42. The van der Waals surface area contributed by atoms with Crippen LogP contribution in [-0.2, 0) is 9.59 Å². The number of carbonyl (C=O) groups excluding carboxylic acids is 2. The number of halogens is 3. The van der Waals surface area contributed by atoms with Crippen molar-refractivity contribution in [2.24, 2.45) is 5.10 Å². The number of carbonyl (C=O) groups is 2. The first-order valence-corrected chi connectivity index (χ1v) is 7.52. The van der Waals surface area contributed by atoms with E-state index in [1.54, 1.807) is 18.2 Å². The summed E-state index contributed by atoms with van der Waals surface area (Å²) in [7, 11) is 0. The zero-order valence-corrected chi connectivity index (χ0v) is 13.7. The van der Waals surface area contributed by atoms with E-state index in [-0.39, 0.29) is 10.8 Å². The third-order valence-corrected chi connectivity index (χ3v) is 3.64. The molecule has 0 fully saturated rings. The fourth-order valence-electron chi connectivity index (χ4n) is 1.71. The molecule has 2 amide bonds. The van der Waals surface area contributed by atoms with Gasteiger partial charge in [-0.3, -0.25) is 9.59 Å². The first-order valence-electron chi connectivity index (χ1n) is 6.77. The predicted octanol–water partition coefficient (Wildman–Crippen LogP) is 3.61. The molecule has 0 aliphatic rings. The van der Waals surface area contributed by atoms with E-state index in [0.717, 1.165) is 0 Å². The van der Waals surface area contributed by atoms with Crippen molar-refractivity contribution in [3.63, 3.8) is 0 Å². The quantitative estimate of drug-likeness (QED) is 0.481. The molecule has 8 heteroatoms. The molecule has 2 aromatic carbocycles. The number of hydrazone groups is 1. The van der Waals surface area contributed by atoms with Crippen LogP contribution in [-0.4, -0.2) is 18.0 Å². The lowest BCUT2D eigenvalue weighted by atomic mass is 10.2. The van der Waals surface area contributed by atoms with Crippen LogP contribution in [0, 0.1) is 5.82 Å². The zero-order chi connectivity index (χ0) is 17.5. The van der Waals surface area contributed by atoms with E-state index in [9.17, 15) is 14.0 Å². The molecule has 2 N–H and O–H groups in total. The van der Waals surface area contributed by atoms with Crippen LogP contribution < -0.4 is 10.7 Å². The Morgan fingerprint density at radius 3 is 2.50 bits per heavy atom. The third-order valence-electron chi connectivity index (χ3n) is 2.82. The molecule has 0 saturated carbocycles. The zero-order valence-electron chi connectivity index (χ0n) is 12.2. The molecule has 5 nitrogen and oxygen atoms in total. The fraction of sp³-hybridized carbons (Fsp3) is 0.0625. The van der Waals surface area contributed by atoms with Gasteiger partial charge in [0.2, 0.25) is 11.8 Å². The van der Waals surface area contributed by atoms with E-state index in [4.69, 9.17) is 23.2 Å². The second-order valence-electron chi connectivity index (χ2n) is 4.67. The van der Waals surface area contributed by atoms with Crippen molar-refractivity contribution in [2.45, 2.75) is 6.42 Å². The number of hydrogen-bond acceptors (Lipinski definition) is 3. The lowest BCUT2D eigenvalue weighted by molar-refractivity contribution is -0.126. The van der Waals surface area contributed by atoms with Crippen LogP contribution in [0.2, 0.25) is 10.0 Å². The van der Waals surface area contributed by atoms with Gasteiger partial charge in [0, 0.05) is 0 Å². The Morgan fingerprint density at radius 2 is 1.79 bits per heavy atom. The molecule has 0 heterocycles. The van der Waals surface area contributed by atoms with E-state index >= 15 is 0 Å². The van der Waals surface area contributed by atoms with Crippen LogP contribution in [0.1, 0.15) is 12.0 Å². The molecule has 0 aliphatic carbocycles. The monoisotopic (exact) mass is 367 g/mol. The molecule has 0 saturated heterocycles. The van der Waals surface area contributed by atoms with Crippen LogP contribution in [0.5, 0.6) is 0 Å². The molecule has 24 heavy (non-hydrogen) atoms. The van der Waals surface area contributed by atoms with Gasteiger partial charge in [-0.15, -0.1) is 0 Å². The van der Waals surface area contributed by atoms with Crippen molar-refractivity contribution in [3.8, 4) is 0 Å². The second-order valence-corrected chi connectivity index (χ2v) is 5.46. The summed E-state index contributed by atoms with van der Waals surface area (Å²) in [6.07, 6.45) is 0.896. The van der Waals surface area contributed by atoms with Crippen LogP contribution in [0.3, 0.4) is 0 Å². The normalized spacial score (nSPS) is 10.6. The molecule has 0 bridgehead atoms. The Hall–Kier alpha value is -2.44. The number of hydrogen-bond donors (Lipinski definition) is 2. The Balaban J connectivity index is 1.84. The van der Waals surface area contributed by atoms with Gasteiger partial charge < -0.3 is 5.32 Å². The van der Waals surface area contributed by atoms with Gasteiger partial charge in [-0.25, -0.2) is 9.82 Å². The maximum Gasteiger partial charge on any atom is 0.249 e. The number of benzene rings is 2. The van der Waals surface area contributed by atoms with Crippen molar-refractivity contribution in [3.05, 3.63) is 63.9 Å². The van der Waals surface area contributed by atoms with Crippen LogP contribution in [0.25, 0.3) is 0 Å². The van der Waals surface area contributed by atoms with E-state index in [1.165, 1.54) is 30.5 Å². The molecular formula is C16H12Cl2FN3O2. The van der Waals surface area contributed by atoms with Crippen molar-refractivity contribution < 1.29 is 14.0 Å². The highest BCUT2D eigenvalue weighted by Gasteiger charge is 2.11. The lowest BCUT2D eigenvalue weighted by Gasteiger charge is -2.07. The summed E-state index contributed by atoms with van der Waals surface area (Å²) in [5.74, 6) is -1.54. The highest BCUT2D eigenvalue weighted by Crippen LogP contribution is 2.29. The van der Waals surface area contributed by atoms with Gasteiger partial charge in [0.25, 0.3) is 0 Å². The molecule has 0 aromatic heterocycles. The molecule has 0 radical (unpaired) electrons. The largest absolute Gasteiger partial charge is 0.324 e. The van der Waals surface area contributed by atoms with E-state index < -0.39 is 18.2 Å². The van der Waals surface area contributed by atoms with E-state index in [2.05, 4.69) is 15.8 Å². The van der Waals surface area contributed by atoms with Crippen LogP contribution >= 0.6 is 23.2 Å². The topological polar surface area (TPSA) is 70.6 Å². The van der Waals surface area contributed by atoms with Crippen molar-refractivity contribution >= 4 is 46.9 Å². The number of nitrogens with zero attached hydrogens (tertiary/aromatic N) is 1. The van der Waals surface area contributed by atoms with Crippen molar-refractivity contribution in [1.82, 2.24) is 5.43 Å². The smallest absolute Gasteiger partial charge is 0.249 e. The highest BCUT2D eigenvalue weighted by atomic mass is 35.5. The minimum atomic E-state index is -0.607. The molecular weight excluding hydrogens is 356 g/mol. The summed E-state index contributed by atoms with van der Waals surface area (Å²) in [6, 6.07) is 10.3. The Morgan fingerprint density at radius 1 is 1.08 bits per heavy atom. The maximum absolute atomic E-state index is 12.7. The molecule has 0 atom stereocenters. The van der Waals surface area contributed by atoms with Gasteiger partial charge in [-0.2, -0.15) is 5.10 Å². The van der Waals surface area contributed by atoms with Gasteiger partial charge >= 0.3 is 0 Å². The third kappa shape index (κ3) is 5.33. The average Bonchev–Trinajstić information content (AvgIpc) is 2.53. The Labute approximate surface area is 147 Å². The summed E-state index contributed by atoms with van der Waals surface area (Å²) in [4.78, 5) is 23.4. The van der Waals surface area contributed by atoms with Crippen molar-refractivity contribution in [2.75, 3.05) is 5.32 Å². The van der Waals surface area contributed by atoms with Gasteiger partial charge in [0.1, 0.15) is 12.2 Å². The van der Waals surface area contributed by atoms with E-state index in [0.29, 0.717) is 16.3 Å². The van der Waals surface area contributed by atoms with Crippen LogP contribution in [0.4, 0.5) is 10.1 Å². The van der Waals surface area contributed by atoms with Gasteiger partial charge in [-0.1, -0.05) is 41.4 Å². The summed E-state index contributed by atoms with van der Waals surface area (Å²) >= 11 is 11.8. The average molecular weight is 368 g/mol. The first-order chi connectivity index (χ1) is 11.5. The van der Waals surface area contributed by atoms with Gasteiger partial charge in [-0.05, 0) is 29.8 Å². The van der Waals surface area contributed by atoms with Gasteiger partial charge in [0.05, 0.1) is 21.9 Å². The number of nitrogens with one attached hydrogen (secondary N) is 2. The Bertz CT molecular complexity index is 779. The van der Waals surface area contributed by atoms with Crippen LogP contribution in [0.15, 0.2) is 47.6 Å². The standard InChI is InChI=1S/C16H12Cl2FN3O2/c17-12-2-1-3-13(16(12)18)21-14(23)8-15(24)22-20-9-10-4-6-11(19)7-5-10/h1-7,9H,8H2,(H,21,23)(H,22,24). The minimum Gasteiger partial charge on any atom is -0.324 e. The summed E-state index contributed by atoms with van der Waals surface area (Å²) in [5, 5.41) is 6.67. The van der Waals surface area contributed by atoms with E-state index in [1.807, 2.05) is 0 Å². The molecule has 0 spiro atoms. The summed E-state index contributed by atoms with van der Waals surface area (Å²) < 4.78 is 12.7. The maximum atomic E-state index is 12.7. The SMILES string of the molecule is O=C(CC(=O)Nc1cccc(Cl)c1Cl)NN=Cc1ccc(F)cc1. The molecule has 0 aliphatic heterocycles. The molecule has 124 valence electrons. The molecule has 0 unspecified atom stereocenters. The van der Waals surface area contributed by atoms with Gasteiger partial charge in [0.15, 0.2) is 0 Å². The first kappa shape index (κ1) is 17.9. The molecule has 2 aromatic rings. The fourth-order valence-corrected chi connectivity index (χ4v) is 2.06.